The molecule has 0 aromatic rings. The lowest BCUT2D eigenvalue weighted by Crippen LogP contribution is -2.73. The molecule has 0 bridgehead atoms. The predicted molar refractivity (Wildman–Crippen MR) is 95.9 cm³/mol. The van der Waals surface area contributed by atoms with Crippen LogP contribution in [0.1, 0.15) is 65.2 Å². The number of carbonyl (C=O) groups is 1. The van der Waals surface area contributed by atoms with Crippen LogP contribution in [-0.2, 0) is 9.53 Å². The molecule has 6 rings (SSSR count). The van der Waals surface area contributed by atoms with Crippen LogP contribution >= 0.6 is 0 Å². The molecule has 3 heteroatoms. The smallest absolute Gasteiger partial charge is 0.306 e. The van der Waals surface area contributed by atoms with Crippen molar-refractivity contribution in [2.24, 2.45) is 29.1 Å². The van der Waals surface area contributed by atoms with Gasteiger partial charge in [0.15, 0.2) is 0 Å². The minimum absolute atomic E-state index is 0.0670. The first-order chi connectivity index (χ1) is 12.1. The molecule has 3 aliphatic heterocycles. The van der Waals surface area contributed by atoms with Crippen molar-refractivity contribution in [1.82, 2.24) is 4.90 Å². The van der Waals surface area contributed by atoms with Crippen LogP contribution in [0.25, 0.3) is 0 Å². The average Bonchev–Trinajstić information content (AvgIpc) is 3.27. The maximum absolute atomic E-state index is 12.4. The quantitative estimate of drug-likeness (QED) is 0.494. The van der Waals surface area contributed by atoms with Crippen LogP contribution in [0.5, 0.6) is 0 Å². The highest BCUT2D eigenvalue weighted by molar-refractivity contribution is 5.71. The molecule has 8 atom stereocenters. The van der Waals surface area contributed by atoms with Crippen LogP contribution in [0, 0.1) is 29.1 Å². The fourth-order valence-electron chi connectivity index (χ4n) is 8.62. The van der Waals surface area contributed by atoms with Crippen molar-refractivity contribution in [2.45, 2.75) is 82.9 Å². The normalized spacial score (nSPS) is 56.6. The summed E-state index contributed by atoms with van der Waals surface area (Å²) in [5.41, 5.74) is 1.72. The number of ether oxygens (including phenoxy) is 1. The van der Waals surface area contributed by atoms with E-state index in [2.05, 4.69) is 24.8 Å². The Hall–Kier alpha value is -0.830. The molecule has 0 amide bonds. The van der Waals surface area contributed by atoms with Crippen LogP contribution < -0.4 is 0 Å². The molecule has 5 fully saturated rings. The zero-order valence-corrected chi connectivity index (χ0v) is 15.7. The molecule has 25 heavy (non-hydrogen) atoms. The molecule has 3 nitrogen and oxygen atoms in total. The van der Waals surface area contributed by atoms with Crippen LogP contribution in [0.3, 0.4) is 0 Å². The van der Waals surface area contributed by atoms with Crippen LogP contribution in [-0.4, -0.2) is 35.1 Å². The minimum Gasteiger partial charge on any atom is -0.458 e. The lowest BCUT2D eigenvalue weighted by molar-refractivity contribution is -0.242. The summed E-state index contributed by atoms with van der Waals surface area (Å²) in [4.78, 5) is 15.3. The Kier molecular flexibility index (Phi) is 2.87. The number of hydrogen-bond donors (Lipinski definition) is 0. The fraction of sp³-hybridized carbons (Fsp3) is 0.864. The highest BCUT2D eigenvalue weighted by Crippen LogP contribution is 2.69. The number of piperidine rings is 1. The van der Waals surface area contributed by atoms with Gasteiger partial charge in [0.2, 0.25) is 0 Å². The second-order valence-electron chi connectivity index (χ2n) is 10.2. The zero-order valence-electron chi connectivity index (χ0n) is 15.7. The van der Waals surface area contributed by atoms with E-state index in [1.807, 2.05) is 0 Å². The van der Waals surface area contributed by atoms with Crippen LogP contribution in [0.2, 0.25) is 0 Å². The first kappa shape index (κ1) is 15.2. The van der Waals surface area contributed by atoms with Gasteiger partial charge in [0, 0.05) is 36.4 Å². The van der Waals surface area contributed by atoms with Crippen LogP contribution in [0.15, 0.2) is 11.6 Å². The Bertz CT molecular complexity index is 671. The number of esters is 1. The lowest BCUT2D eigenvalue weighted by atomic mass is 9.52. The molecule has 3 saturated heterocycles. The van der Waals surface area contributed by atoms with E-state index < -0.39 is 0 Å². The van der Waals surface area contributed by atoms with Gasteiger partial charge in [-0.2, -0.15) is 0 Å². The highest BCUT2D eigenvalue weighted by atomic mass is 16.6. The van der Waals surface area contributed by atoms with E-state index in [9.17, 15) is 4.79 Å². The van der Waals surface area contributed by atoms with Crippen molar-refractivity contribution in [3.63, 3.8) is 0 Å². The van der Waals surface area contributed by atoms with Crippen LogP contribution in [0.4, 0.5) is 0 Å². The van der Waals surface area contributed by atoms with Gasteiger partial charge in [0.25, 0.3) is 0 Å². The summed E-state index contributed by atoms with van der Waals surface area (Å²) < 4.78 is 6.37. The second kappa shape index (κ2) is 4.71. The van der Waals surface area contributed by atoms with E-state index in [-0.39, 0.29) is 17.0 Å². The first-order valence-electron chi connectivity index (χ1n) is 10.7. The maximum Gasteiger partial charge on any atom is 0.306 e. The summed E-state index contributed by atoms with van der Waals surface area (Å²) in [7, 11) is 0. The molecule has 1 unspecified atom stereocenters. The molecule has 3 aliphatic carbocycles. The Morgan fingerprint density at radius 3 is 2.96 bits per heavy atom. The number of fused-ring (bicyclic) bond motifs is 5. The Morgan fingerprint density at radius 2 is 2.08 bits per heavy atom. The van der Waals surface area contributed by atoms with Gasteiger partial charge in [0.1, 0.15) is 5.60 Å². The Morgan fingerprint density at radius 1 is 1.20 bits per heavy atom. The SMILES string of the molecule is CC1CN2[C@H]3[C@@H]1CC[C@]31CCC(=O)O[C@]1(C)[C@H]1CC[C@H]3CCC=C3[C@@H]12. The van der Waals surface area contributed by atoms with Gasteiger partial charge in [-0.05, 0) is 69.6 Å². The maximum atomic E-state index is 12.4. The zero-order chi connectivity index (χ0) is 17.0. The van der Waals surface area contributed by atoms with E-state index in [0.29, 0.717) is 24.4 Å². The molecule has 1 spiro atoms. The largest absolute Gasteiger partial charge is 0.458 e. The number of rotatable bonds is 0. The number of carbonyl (C=O) groups excluding carboxylic acids is 1. The summed E-state index contributed by atoms with van der Waals surface area (Å²) in [6, 6.07) is 1.21. The van der Waals surface area contributed by atoms with E-state index >= 15 is 0 Å². The van der Waals surface area contributed by atoms with E-state index in [0.717, 1.165) is 24.2 Å². The second-order valence-corrected chi connectivity index (χ2v) is 10.2. The summed E-state index contributed by atoms with van der Waals surface area (Å²) in [5, 5.41) is 0. The molecule has 0 aromatic heterocycles. The third kappa shape index (κ3) is 1.62. The number of nitrogens with zero attached hydrogens (tertiary/aromatic N) is 1. The van der Waals surface area contributed by atoms with Crippen molar-refractivity contribution in [1.29, 1.82) is 0 Å². The molecular weight excluding hydrogens is 310 g/mol. The third-order valence-corrected chi connectivity index (χ3v) is 9.55. The lowest BCUT2D eigenvalue weighted by Gasteiger charge is -2.65. The van der Waals surface area contributed by atoms with Gasteiger partial charge in [-0.15, -0.1) is 0 Å². The predicted octanol–water partition coefficient (Wildman–Crippen LogP) is 3.93. The minimum atomic E-state index is -0.235. The number of hydrogen-bond acceptors (Lipinski definition) is 3. The fourth-order valence-corrected chi connectivity index (χ4v) is 8.62. The van der Waals surface area contributed by atoms with Gasteiger partial charge in [-0.1, -0.05) is 18.6 Å². The summed E-state index contributed by atoms with van der Waals surface area (Å²) in [6.45, 7) is 6.10. The van der Waals surface area contributed by atoms with E-state index in [4.69, 9.17) is 4.74 Å². The molecule has 6 aliphatic rings. The Balaban J connectivity index is 1.54. The standard InChI is InChI=1S/C22H31NO2/c1-13-12-23-19-16-5-3-4-14(16)6-7-17(19)21(2)22(11-9-18(24)25-21)10-8-15(13)20(22)23/h5,13-15,17,19-20H,3-4,6-12H2,1-2H3/t13?,14-,15-,17+,19+,20+,21-,22+/m1/s1. The van der Waals surface area contributed by atoms with Gasteiger partial charge in [-0.3, -0.25) is 9.69 Å². The van der Waals surface area contributed by atoms with Gasteiger partial charge in [0.05, 0.1) is 0 Å². The molecule has 0 radical (unpaired) electrons. The molecule has 136 valence electrons. The summed E-state index contributed by atoms with van der Waals surface area (Å²) in [6.07, 6.45) is 12.1. The molecule has 0 N–H and O–H groups in total. The van der Waals surface area contributed by atoms with E-state index in [1.54, 1.807) is 5.57 Å². The van der Waals surface area contributed by atoms with Crippen molar-refractivity contribution in [3.05, 3.63) is 11.6 Å². The topological polar surface area (TPSA) is 29.5 Å². The van der Waals surface area contributed by atoms with Crippen molar-refractivity contribution >= 4 is 5.97 Å². The van der Waals surface area contributed by atoms with E-state index in [1.165, 1.54) is 45.1 Å². The Labute approximate surface area is 151 Å². The summed E-state index contributed by atoms with van der Waals surface area (Å²) in [5.74, 6) is 3.01. The van der Waals surface area contributed by atoms with Gasteiger partial charge < -0.3 is 4.74 Å². The molecule has 0 aromatic carbocycles. The van der Waals surface area contributed by atoms with Crippen molar-refractivity contribution < 1.29 is 9.53 Å². The molecule has 3 heterocycles. The monoisotopic (exact) mass is 341 g/mol. The average molecular weight is 341 g/mol. The van der Waals surface area contributed by atoms with Gasteiger partial charge >= 0.3 is 5.97 Å². The molecule has 2 saturated carbocycles. The highest BCUT2D eigenvalue weighted by Gasteiger charge is 2.73. The third-order valence-electron chi connectivity index (χ3n) is 9.55. The molecular formula is C22H31NO2. The summed E-state index contributed by atoms with van der Waals surface area (Å²) >= 11 is 0. The number of allylic oxidation sites excluding steroid dienone is 1. The van der Waals surface area contributed by atoms with Crippen molar-refractivity contribution in [3.8, 4) is 0 Å². The van der Waals surface area contributed by atoms with Crippen molar-refractivity contribution in [2.75, 3.05) is 6.54 Å². The van der Waals surface area contributed by atoms with Gasteiger partial charge in [-0.25, -0.2) is 0 Å². The first-order valence-corrected chi connectivity index (χ1v) is 10.7.